The Balaban J connectivity index is 1.54. The quantitative estimate of drug-likeness (QED) is 0.666. The molecule has 0 saturated heterocycles. The van der Waals surface area contributed by atoms with Gasteiger partial charge in [-0.15, -0.1) is 0 Å². The summed E-state index contributed by atoms with van der Waals surface area (Å²) in [6.45, 7) is 0. The number of benzene rings is 2. The molecule has 4 aliphatic rings. The van der Waals surface area contributed by atoms with Crippen LogP contribution in [-0.2, 0) is 0 Å². The molecule has 2 bridgehead atoms. The van der Waals surface area contributed by atoms with Gasteiger partial charge in [-0.25, -0.2) is 0 Å². The predicted molar refractivity (Wildman–Crippen MR) is 95.3 cm³/mol. The van der Waals surface area contributed by atoms with E-state index in [0.29, 0.717) is 17.8 Å². The highest BCUT2D eigenvalue weighted by Crippen LogP contribution is 2.61. The summed E-state index contributed by atoms with van der Waals surface area (Å²) in [4.78, 5) is 0. The van der Waals surface area contributed by atoms with Crippen molar-refractivity contribution in [3.63, 3.8) is 0 Å². The Morgan fingerprint density at radius 1 is 0.652 bits per heavy atom. The second-order valence-electron chi connectivity index (χ2n) is 7.35. The zero-order chi connectivity index (χ0) is 15.2. The fraction of sp³-hybridized carbons (Fsp3) is 0.304. The molecule has 23 heavy (non-hydrogen) atoms. The van der Waals surface area contributed by atoms with E-state index in [1.54, 1.807) is 16.7 Å². The number of hydrogen-bond acceptors (Lipinski definition) is 0. The van der Waals surface area contributed by atoms with Gasteiger partial charge in [-0.3, -0.25) is 0 Å². The first-order valence-corrected chi connectivity index (χ1v) is 8.90. The number of allylic oxidation sites excluding steroid dienone is 4. The van der Waals surface area contributed by atoms with Crippen LogP contribution >= 0.6 is 0 Å². The topological polar surface area (TPSA) is 0 Å². The summed E-state index contributed by atoms with van der Waals surface area (Å²) in [5.41, 5.74) is 4.80. The first kappa shape index (κ1) is 13.4. The van der Waals surface area contributed by atoms with Gasteiger partial charge < -0.3 is 0 Å². The van der Waals surface area contributed by atoms with E-state index < -0.39 is 0 Å². The highest BCUT2D eigenvalue weighted by Gasteiger charge is 2.50. The SMILES string of the molecule is C1=CC2C(=C1)C1CC(c3ccccc3)C2CC1c1ccccc1. The molecule has 0 aromatic heterocycles. The lowest BCUT2D eigenvalue weighted by Crippen LogP contribution is -2.41. The third kappa shape index (κ3) is 2.05. The van der Waals surface area contributed by atoms with E-state index in [1.807, 2.05) is 0 Å². The van der Waals surface area contributed by atoms with E-state index in [9.17, 15) is 0 Å². The van der Waals surface area contributed by atoms with Crippen molar-refractivity contribution in [1.29, 1.82) is 0 Å². The average Bonchev–Trinajstić information content (AvgIpc) is 3.14. The highest BCUT2D eigenvalue weighted by atomic mass is 14.5. The lowest BCUT2D eigenvalue weighted by atomic mass is 9.52. The van der Waals surface area contributed by atoms with Crippen molar-refractivity contribution in [2.45, 2.75) is 24.7 Å². The van der Waals surface area contributed by atoms with Crippen LogP contribution in [0.4, 0.5) is 0 Å². The van der Waals surface area contributed by atoms with E-state index in [0.717, 1.165) is 11.8 Å². The van der Waals surface area contributed by atoms with E-state index in [1.165, 1.54) is 12.8 Å². The minimum atomic E-state index is 0.693. The third-order valence-corrected chi connectivity index (χ3v) is 6.37. The van der Waals surface area contributed by atoms with Crippen molar-refractivity contribution >= 4 is 0 Å². The summed E-state index contributed by atoms with van der Waals surface area (Å²) in [6, 6.07) is 22.4. The molecule has 4 aliphatic carbocycles. The number of hydrogen-bond donors (Lipinski definition) is 0. The third-order valence-electron chi connectivity index (χ3n) is 6.37. The molecule has 2 aromatic rings. The summed E-state index contributed by atoms with van der Waals surface area (Å²) in [5.74, 6) is 3.61. The van der Waals surface area contributed by atoms with Gasteiger partial charge in [0.25, 0.3) is 0 Å². The van der Waals surface area contributed by atoms with Gasteiger partial charge in [0.15, 0.2) is 0 Å². The van der Waals surface area contributed by atoms with E-state index >= 15 is 0 Å². The molecule has 0 N–H and O–H groups in total. The largest absolute Gasteiger partial charge is 0.0770 e. The molecule has 3 fully saturated rings. The van der Waals surface area contributed by atoms with E-state index in [4.69, 9.17) is 0 Å². The predicted octanol–water partition coefficient (Wildman–Crippen LogP) is 5.71. The summed E-state index contributed by atoms with van der Waals surface area (Å²) < 4.78 is 0. The summed E-state index contributed by atoms with van der Waals surface area (Å²) >= 11 is 0. The van der Waals surface area contributed by atoms with Crippen molar-refractivity contribution in [2.75, 3.05) is 0 Å². The minimum Gasteiger partial charge on any atom is -0.0770 e. The van der Waals surface area contributed by atoms with Gasteiger partial charge in [0.05, 0.1) is 0 Å². The maximum atomic E-state index is 2.46. The van der Waals surface area contributed by atoms with Gasteiger partial charge in [-0.1, -0.05) is 84.5 Å². The van der Waals surface area contributed by atoms with Crippen molar-refractivity contribution in [1.82, 2.24) is 0 Å². The van der Waals surface area contributed by atoms with Crippen LogP contribution in [-0.4, -0.2) is 0 Å². The lowest BCUT2D eigenvalue weighted by molar-refractivity contribution is 0.137. The molecule has 3 saturated carbocycles. The standard InChI is InChI=1S/C23H22/c1-3-8-16(9-4-1)20-14-23-19-13-7-12-18(19)22(20)15-21(23)17-10-5-2-6-11-17/h1-13,18,20-23H,14-15H2. The molecule has 5 unspecified atom stereocenters. The fourth-order valence-electron chi connectivity index (χ4n) is 5.42. The molecule has 0 nitrogen and oxygen atoms in total. The lowest BCUT2D eigenvalue weighted by Gasteiger charge is -2.52. The fourth-order valence-corrected chi connectivity index (χ4v) is 5.42. The molecule has 0 amide bonds. The first-order valence-electron chi connectivity index (χ1n) is 8.90. The second-order valence-corrected chi connectivity index (χ2v) is 7.35. The minimum absolute atomic E-state index is 0.693. The Morgan fingerprint density at radius 2 is 1.30 bits per heavy atom. The highest BCUT2D eigenvalue weighted by molar-refractivity contribution is 5.41. The molecule has 2 aromatic carbocycles. The molecule has 5 atom stereocenters. The Morgan fingerprint density at radius 3 is 2.00 bits per heavy atom. The number of fused-ring (bicyclic) bond motifs is 2. The zero-order valence-corrected chi connectivity index (χ0v) is 13.3. The van der Waals surface area contributed by atoms with Crippen molar-refractivity contribution < 1.29 is 0 Å². The molecule has 0 radical (unpaired) electrons. The van der Waals surface area contributed by atoms with Crippen LogP contribution in [0.1, 0.15) is 35.8 Å². The molecule has 0 aliphatic heterocycles. The van der Waals surface area contributed by atoms with Crippen LogP contribution in [0.5, 0.6) is 0 Å². The smallest absolute Gasteiger partial charge is 0.00203 e. The molecule has 0 heteroatoms. The van der Waals surface area contributed by atoms with Gasteiger partial charge in [0, 0.05) is 5.92 Å². The van der Waals surface area contributed by atoms with E-state index in [2.05, 4.69) is 78.9 Å². The van der Waals surface area contributed by atoms with E-state index in [-0.39, 0.29) is 0 Å². The van der Waals surface area contributed by atoms with Crippen molar-refractivity contribution in [2.24, 2.45) is 17.8 Å². The average molecular weight is 298 g/mol. The molecule has 0 spiro atoms. The molecule has 114 valence electrons. The van der Waals surface area contributed by atoms with Crippen LogP contribution in [0, 0.1) is 17.8 Å². The Labute approximate surface area is 138 Å². The second kappa shape index (κ2) is 5.23. The Kier molecular flexibility index (Phi) is 3.04. The number of rotatable bonds is 2. The van der Waals surface area contributed by atoms with Crippen LogP contribution < -0.4 is 0 Å². The van der Waals surface area contributed by atoms with Crippen LogP contribution in [0.25, 0.3) is 0 Å². The molecule has 6 rings (SSSR count). The van der Waals surface area contributed by atoms with Gasteiger partial charge in [0.1, 0.15) is 0 Å². The van der Waals surface area contributed by atoms with Crippen LogP contribution in [0.3, 0.4) is 0 Å². The Hall–Kier alpha value is -2.08. The van der Waals surface area contributed by atoms with Gasteiger partial charge in [-0.05, 0) is 47.6 Å². The molecular weight excluding hydrogens is 276 g/mol. The van der Waals surface area contributed by atoms with Crippen molar-refractivity contribution in [3.8, 4) is 0 Å². The summed E-state index contributed by atoms with van der Waals surface area (Å²) in [5, 5.41) is 0. The summed E-state index contributed by atoms with van der Waals surface area (Å²) in [6.07, 6.45) is 9.83. The Bertz CT molecular complexity index is 753. The van der Waals surface area contributed by atoms with Crippen LogP contribution in [0.2, 0.25) is 0 Å². The first-order chi connectivity index (χ1) is 11.4. The zero-order valence-electron chi connectivity index (χ0n) is 13.3. The molecule has 0 heterocycles. The van der Waals surface area contributed by atoms with Crippen LogP contribution in [0.15, 0.2) is 84.5 Å². The van der Waals surface area contributed by atoms with Crippen molar-refractivity contribution in [3.05, 3.63) is 95.6 Å². The van der Waals surface area contributed by atoms with Gasteiger partial charge in [-0.2, -0.15) is 0 Å². The maximum Gasteiger partial charge on any atom is 0.00203 e. The van der Waals surface area contributed by atoms with Gasteiger partial charge >= 0.3 is 0 Å². The normalized spacial score (nSPS) is 34.3. The monoisotopic (exact) mass is 298 g/mol. The molecular formula is C23H22. The van der Waals surface area contributed by atoms with Gasteiger partial charge in [0.2, 0.25) is 0 Å². The maximum absolute atomic E-state index is 2.46. The summed E-state index contributed by atoms with van der Waals surface area (Å²) in [7, 11) is 0.